The Bertz CT molecular complexity index is 1060. The number of benzene rings is 2. The molecule has 1 unspecified atom stereocenters. The van der Waals surface area contributed by atoms with Crippen LogP contribution in [0, 0.1) is 5.82 Å². The minimum absolute atomic E-state index is 0.101. The molecule has 0 bridgehead atoms. The van der Waals surface area contributed by atoms with Crippen LogP contribution in [0.1, 0.15) is 53.9 Å². The molecule has 0 saturated carbocycles. The van der Waals surface area contributed by atoms with Crippen molar-refractivity contribution in [3.63, 3.8) is 0 Å². The van der Waals surface area contributed by atoms with Gasteiger partial charge in [0.05, 0.1) is 17.0 Å². The van der Waals surface area contributed by atoms with E-state index in [4.69, 9.17) is 4.42 Å². The highest BCUT2D eigenvalue weighted by Crippen LogP contribution is 2.38. The summed E-state index contributed by atoms with van der Waals surface area (Å²) in [5.41, 5.74) is 1.26. The van der Waals surface area contributed by atoms with Gasteiger partial charge in [0.1, 0.15) is 11.4 Å². The van der Waals surface area contributed by atoms with Gasteiger partial charge in [-0.15, -0.1) is 0 Å². The largest absolute Gasteiger partial charge is 0.450 e. The summed E-state index contributed by atoms with van der Waals surface area (Å²) in [6.45, 7) is 2.62. The zero-order chi connectivity index (χ0) is 19.0. The van der Waals surface area contributed by atoms with Gasteiger partial charge in [-0.3, -0.25) is 9.59 Å². The van der Waals surface area contributed by atoms with E-state index in [9.17, 15) is 14.0 Å². The van der Waals surface area contributed by atoms with Crippen LogP contribution in [0.15, 0.2) is 57.7 Å². The van der Waals surface area contributed by atoms with E-state index in [0.29, 0.717) is 28.6 Å². The Morgan fingerprint density at radius 1 is 1.04 bits per heavy atom. The maximum atomic E-state index is 13.4. The first-order valence-electron chi connectivity index (χ1n) is 9.24. The fraction of sp³-hybridized carbons (Fsp3) is 0.273. The first-order chi connectivity index (χ1) is 13.1. The average Bonchev–Trinajstić information content (AvgIpc) is 2.96. The Morgan fingerprint density at radius 3 is 2.52 bits per heavy atom. The van der Waals surface area contributed by atoms with Crippen molar-refractivity contribution in [3.8, 4) is 0 Å². The lowest BCUT2D eigenvalue weighted by Crippen LogP contribution is -2.30. The quantitative estimate of drug-likeness (QED) is 0.618. The molecule has 0 N–H and O–H groups in total. The molecule has 1 aliphatic heterocycles. The van der Waals surface area contributed by atoms with Crippen molar-refractivity contribution in [2.75, 3.05) is 6.54 Å². The van der Waals surface area contributed by atoms with Gasteiger partial charge in [-0.1, -0.05) is 44.0 Å². The molecule has 5 heteroatoms. The highest BCUT2D eigenvalue weighted by atomic mass is 19.1. The minimum atomic E-state index is -0.550. The summed E-state index contributed by atoms with van der Waals surface area (Å²) in [5.74, 6) is -0.533. The van der Waals surface area contributed by atoms with Gasteiger partial charge in [-0.05, 0) is 36.2 Å². The summed E-state index contributed by atoms with van der Waals surface area (Å²) in [5, 5.41) is 0.451. The van der Waals surface area contributed by atoms with Crippen molar-refractivity contribution >= 4 is 16.9 Å². The van der Waals surface area contributed by atoms with Crippen LogP contribution in [0.5, 0.6) is 0 Å². The van der Waals surface area contributed by atoms with Crippen LogP contribution in [0.2, 0.25) is 0 Å². The molecule has 1 amide bonds. The van der Waals surface area contributed by atoms with Crippen molar-refractivity contribution in [3.05, 3.63) is 81.5 Å². The predicted molar refractivity (Wildman–Crippen MR) is 101 cm³/mol. The lowest BCUT2D eigenvalue weighted by Gasteiger charge is -2.25. The fourth-order valence-electron chi connectivity index (χ4n) is 3.72. The Morgan fingerprint density at radius 2 is 1.78 bits per heavy atom. The van der Waals surface area contributed by atoms with Crippen LogP contribution in [0.25, 0.3) is 11.0 Å². The first kappa shape index (κ1) is 17.5. The molecule has 4 rings (SSSR count). The molecular formula is C22H20FNO3. The van der Waals surface area contributed by atoms with E-state index in [1.54, 1.807) is 41.3 Å². The number of para-hydroxylation sites is 1. The number of halogens is 1. The molecule has 3 aromatic rings. The standard InChI is InChI=1S/C22H20FNO3/c1-2-3-6-13-24-19(14-9-11-15(23)12-10-14)18-20(25)16-7-4-5-8-17(16)27-21(18)22(24)26/h4-5,7-12,19H,2-3,6,13H2,1H3. The van der Waals surface area contributed by atoms with Gasteiger partial charge in [-0.2, -0.15) is 0 Å². The van der Waals surface area contributed by atoms with E-state index in [2.05, 4.69) is 6.92 Å². The Balaban J connectivity index is 1.90. The summed E-state index contributed by atoms with van der Waals surface area (Å²) < 4.78 is 19.3. The molecule has 0 spiro atoms. The van der Waals surface area contributed by atoms with Crippen molar-refractivity contribution in [2.24, 2.45) is 0 Å². The molecule has 1 aromatic heterocycles. The van der Waals surface area contributed by atoms with Gasteiger partial charge in [0.25, 0.3) is 5.91 Å². The van der Waals surface area contributed by atoms with E-state index >= 15 is 0 Å². The number of fused-ring (bicyclic) bond motifs is 2. The highest BCUT2D eigenvalue weighted by Gasteiger charge is 2.42. The highest BCUT2D eigenvalue weighted by molar-refractivity contribution is 5.99. The SMILES string of the molecule is CCCCCN1C(=O)c2oc3ccccc3c(=O)c2C1c1ccc(F)cc1. The molecule has 1 atom stereocenters. The topological polar surface area (TPSA) is 50.5 Å². The maximum Gasteiger partial charge on any atom is 0.290 e. The second kappa shape index (κ2) is 6.99. The Labute approximate surface area is 156 Å². The van der Waals surface area contributed by atoms with Crippen LogP contribution in [0.4, 0.5) is 4.39 Å². The molecule has 0 radical (unpaired) electrons. The molecule has 2 heterocycles. The van der Waals surface area contributed by atoms with Crippen molar-refractivity contribution < 1.29 is 13.6 Å². The molecule has 27 heavy (non-hydrogen) atoms. The third kappa shape index (κ3) is 2.93. The zero-order valence-electron chi connectivity index (χ0n) is 15.1. The van der Waals surface area contributed by atoms with Crippen LogP contribution in [-0.4, -0.2) is 17.4 Å². The molecule has 4 nitrogen and oxygen atoms in total. The third-order valence-corrected chi connectivity index (χ3v) is 5.06. The van der Waals surface area contributed by atoms with Crippen LogP contribution >= 0.6 is 0 Å². The number of hydrogen-bond donors (Lipinski definition) is 0. The van der Waals surface area contributed by atoms with E-state index in [-0.39, 0.29) is 22.9 Å². The second-order valence-electron chi connectivity index (χ2n) is 6.83. The third-order valence-electron chi connectivity index (χ3n) is 5.06. The van der Waals surface area contributed by atoms with Crippen molar-refractivity contribution in [2.45, 2.75) is 32.2 Å². The second-order valence-corrected chi connectivity index (χ2v) is 6.83. The fourth-order valence-corrected chi connectivity index (χ4v) is 3.72. The van der Waals surface area contributed by atoms with E-state index in [1.165, 1.54) is 12.1 Å². The Kier molecular flexibility index (Phi) is 4.52. The number of carbonyl (C=O) groups is 1. The van der Waals surface area contributed by atoms with E-state index in [0.717, 1.165) is 19.3 Å². The normalized spacial score (nSPS) is 16.1. The molecule has 2 aromatic carbocycles. The van der Waals surface area contributed by atoms with E-state index < -0.39 is 6.04 Å². The molecular weight excluding hydrogens is 345 g/mol. The lowest BCUT2D eigenvalue weighted by molar-refractivity contribution is 0.0724. The van der Waals surface area contributed by atoms with E-state index in [1.807, 2.05) is 0 Å². The number of hydrogen-bond acceptors (Lipinski definition) is 3. The van der Waals surface area contributed by atoms with Crippen molar-refractivity contribution in [1.29, 1.82) is 0 Å². The number of carbonyl (C=O) groups excluding carboxylic acids is 1. The lowest BCUT2D eigenvalue weighted by atomic mass is 9.98. The summed E-state index contributed by atoms with van der Waals surface area (Å²) in [4.78, 5) is 27.9. The van der Waals surface area contributed by atoms with Crippen LogP contribution in [0.3, 0.4) is 0 Å². The summed E-state index contributed by atoms with van der Waals surface area (Å²) in [6, 6.07) is 12.3. The monoisotopic (exact) mass is 365 g/mol. The van der Waals surface area contributed by atoms with Crippen LogP contribution in [-0.2, 0) is 0 Å². The Hall–Kier alpha value is -2.95. The van der Waals surface area contributed by atoms with Crippen LogP contribution < -0.4 is 5.43 Å². The van der Waals surface area contributed by atoms with Gasteiger partial charge < -0.3 is 9.32 Å². The predicted octanol–water partition coefficient (Wildman–Crippen LogP) is 4.67. The van der Waals surface area contributed by atoms with Crippen molar-refractivity contribution in [1.82, 2.24) is 4.90 Å². The molecule has 0 fully saturated rings. The zero-order valence-corrected chi connectivity index (χ0v) is 15.1. The minimum Gasteiger partial charge on any atom is -0.450 e. The van der Waals surface area contributed by atoms with Gasteiger partial charge in [0.2, 0.25) is 5.76 Å². The average molecular weight is 365 g/mol. The number of nitrogens with zero attached hydrogens (tertiary/aromatic N) is 1. The van der Waals surface area contributed by atoms with Gasteiger partial charge in [0, 0.05) is 6.54 Å². The number of amides is 1. The summed E-state index contributed by atoms with van der Waals surface area (Å²) in [7, 11) is 0. The first-order valence-corrected chi connectivity index (χ1v) is 9.24. The van der Waals surface area contributed by atoms with Gasteiger partial charge in [-0.25, -0.2) is 4.39 Å². The molecule has 0 aliphatic carbocycles. The van der Waals surface area contributed by atoms with Gasteiger partial charge in [0.15, 0.2) is 5.43 Å². The molecule has 138 valence electrons. The summed E-state index contributed by atoms with van der Waals surface area (Å²) >= 11 is 0. The maximum absolute atomic E-state index is 13.4. The summed E-state index contributed by atoms with van der Waals surface area (Å²) in [6.07, 6.45) is 2.85. The molecule has 1 aliphatic rings. The molecule has 0 saturated heterocycles. The number of unbranched alkanes of at least 4 members (excludes halogenated alkanes) is 2. The number of rotatable bonds is 5. The van der Waals surface area contributed by atoms with Gasteiger partial charge >= 0.3 is 0 Å². The smallest absolute Gasteiger partial charge is 0.290 e.